The Morgan fingerprint density at radius 1 is 0.881 bits per heavy atom. The second-order valence-electron chi connectivity index (χ2n) is 10.6. The molecule has 0 aliphatic carbocycles. The molecule has 1 fully saturated rings. The average Bonchev–Trinajstić information content (AvgIpc) is 2.99. The van der Waals surface area contributed by atoms with Crippen LogP contribution in [-0.2, 0) is 24.2 Å². The molecule has 1 N–H and O–H groups in total. The molecule has 0 saturated carbocycles. The molecule has 4 aromatic rings. The van der Waals surface area contributed by atoms with E-state index in [1.54, 1.807) is 18.2 Å². The summed E-state index contributed by atoms with van der Waals surface area (Å²) in [7, 11) is 0. The minimum Gasteiger partial charge on any atom is -0.480 e. The van der Waals surface area contributed by atoms with Crippen LogP contribution in [-0.4, -0.2) is 51.5 Å². The number of carbonyl (C=O) groups excluding carboxylic acids is 1. The Morgan fingerprint density at radius 2 is 1.50 bits per heavy atom. The largest absolute Gasteiger partial charge is 0.480 e. The highest BCUT2D eigenvalue weighted by atomic mass is 35.5. The highest BCUT2D eigenvalue weighted by molar-refractivity contribution is 6.36. The number of piperidine rings is 1. The van der Waals surface area contributed by atoms with Gasteiger partial charge in [-0.05, 0) is 54.0 Å². The zero-order valence-electron chi connectivity index (χ0n) is 23.1. The SMILES string of the molecule is O=C(O)CN(Cc1ccccc1)C(=O)c1cnc(N2CCC(Cc3ccccc3)CC2)nc1Cc1c(Cl)cccc1Cl. The lowest BCUT2D eigenvalue weighted by molar-refractivity contribution is -0.137. The first-order valence-electron chi connectivity index (χ1n) is 14.0. The van der Waals surface area contributed by atoms with Gasteiger partial charge >= 0.3 is 5.97 Å². The molecule has 7 nitrogen and oxygen atoms in total. The predicted octanol–water partition coefficient (Wildman–Crippen LogP) is 6.56. The summed E-state index contributed by atoms with van der Waals surface area (Å²) in [6.07, 6.45) is 4.77. The van der Waals surface area contributed by atoms with Gasteiger partial charge in [0.1, 0.15) is 6.54 Å². The van der Waals surface area contributed by atoms with Crippen molar-refractivity contribution in [3.8, 4) is 0 Å². The van der Waals surface area contributed by atoms with Crippen molar-refractivity contribution in [1.29, 1.82) is 0 Å². The molecule has 1 aliphatic rings. The minimum absolute atomic E-state index is 0.134. The molecule has 3 aromatic carbocycles. The van der Waals surface area contributed by atoms with Gasteiger partial charge in [0.2, 0.25) is 5.95 Å². The summed E-state index contributed by atoms with van der Waals surface area (Å²) in [5.41, 5.74) is 3.49. The van der Waals surface area contributed by atoms with Gasteiger partial charge in [-0.1, -0.05) is 89.9 Å². The number of halogens is 2. The number of rotatable bonds is 10. The van der Waals surface area contributed by atoms with Crippen molar-refractivity contribution in [2.75, 3.05) is 24.5 Å². The highest BCUT2D eigenvalue weighted by Crippen LogP contribution is 2.29. The van der Waals surface area contributed by atoms with Gasteiger partial charge in [-0.25, -0.2) is 9.97 Å². The highest BCUT2D eigenvalue weighted by Gasteiger charge is 2.27. The summed E-state index contributed by atoms with van der Waals surface area (Å²) >= 11 is 13.0. The van der Waals surface area contributed by atoms with E-state index in [-0.39, 0.29) is 18.5 Å². The summed E-state index contributed by atoms with van der Waals surface area (Å²) in [6, 6.07) is 25.1. The maximum Gasteiger partial charge on any atom is 0.323 e. The van der Waals surface area contributed by atoms with E-state index in [9.17, 15) is 14.7 Å². The van der Waals surface area contributed by atoms with E-state index < -0.39 is 18.4 Å². The van der Waals surface area contributed by atoms with Crippen LogP contribution in [0.5, 0.6) is 0 Å². The summed E-state index contributed by atoms with van der Waals surface area (Å²) in [4.78, 5) is 38.5. The van der Waals surface area contributed by atoms with Crippen molar-refractivity contribution in [3.63, 3.8) is 0 Å². The van der Waals surface area contributed by atoms with Crippen molar-refractivity contribution in [2.45, 2.75) is 32.2 Å². The van der Waals surface area contributed by atoms with E-state index in [0.717, 1.165) is 37.9 Å². The molecule has 1 aromatic heterocycles. The molecule has 1 amide bonds. The third-order valence-corrected chi connectivity index (χ3v) is 8.29. The van der Waals surface area contributed by atoms with Crippen molar-refractivity contribution >= 4 is 41.0 Å². The van der Waals surface area contributed by atoms with Gasteiger partial charge < -0.3 is 14.9 Å². The third kappa shape index (κ3) is 7.46. The summed E-state index contributed by atoms with van der Waals surface area (Å²) in [5, 5.41) is 10.5. The summed E-state index contributed by atoms with van der Waals surface area (Å²) in [6.45, 7) is 1.28. The maximum absolute atomic E-state index is 13.9. The minimum atomic E-state index is -1.11. The first-order chi connectivity index (χ1) is 20.4. The number of carboxylic acids is 1. The number of benzene rings is 3. The third-order valence-electron chi connectivity index (χ3n) is 7.59. The number of anilines is 1. The normalized spacial score (nSPS) is 13.6. The fourth-order valence-electron chi connectivity index (χ4n) is 5.36. The molecular weight excluding hydrogens is 571 g/mol. The number of aliphatic carboxylic acids is 1. The van der Waals surface area contributed by atoms with E-state index in [2.05, 4.69) is 34.1 Å². The number of amides is 1. The summed E-state index contributed by atoms with van der Waals surface area (Å²) < 4.78 is 0. The van der Waals surface area contributed by atoms with Crippen LogP contribution < -0.4 is 4.90 Å². The van der Waals surface area contributed by atoms with Crippen LogP contribution in [0.1, 0.15) is 45.6 Å². The number of nitrogens with zero attached hydrogens (tertiary/aromatic N) is 4. The van der Waals surface area contributed by atoms with Gasteiger partial charge in [0, 0.05) is 42.3 Å². The Hall–Kier alpha value is -3.94. The average molecular weight is 604 g/mol. The Labute approximate surface area is 255 Å². The second kappa shape index (κ2) is 13.8. The molecule has 42 heavy (non-hydrogen) atoms. The van der Waals surface area contributed by atoms with Gasteiger partial charge in [0.25, 0.3) is 5.91 Å². The molecular formula is C33H32Cl2N4O3. The Kier molecular flexibility index (Phi) is 9.72. The quantitative estimate of drug-likeness (QED) is 0.221. The number of aromatic nitrogens is 2. The van der Waals surface area contributed by atoms with E-state index in [1.807, 2.05) is 36.4 Å². The van der Waals surface area contributed by atoms with Crippen LogP contribution in [0.3, 0.4) is 0 Å². The van der Waals surface area contributed by atoms with E-state index in [0.29, 0.717) is 33.2 Å². The molecule has 0 bridgehead atoms. The monoisotopic (exact) mass is 602 g/mol. The van der Waals surface area contributed by atoms with Gasteiger partial charge in [-0.3, -0.25) is 9.59 Å². The maximum atomic E-state index is 13.9. The molecule has 216 valence electrons. The molecule has 0 radical (unpaired) electrons. The van der Waals surface area contributed by atoms with Crippen molar-refractivity contribution in [2.24, 2.45) is 5.92 Å². The van der Waals surface area contributed by atoms with Gasteiger partial charge in [-0.2, -0.15) is 0 Å². The molecule has 1 aliphatic heterocycles. The smallest absolute Gasteiger partial charge is 0.323 e. The Morgan fingerprint density at radius 3 is 2.12 bits per heavy atom. The van der Waals surface area contributed by atoms with Crippen LogP contribution in [0.15, 0.2) is 85.1 Å². The zero-order chi connectivity index (χ0) is 29.5. The van der Waals surface area contributed by atoms with Crippen LogP contribution in [0, 0.1) is 5.92 Å². The molecule has 0 atom stereocenters. The van der Waals surface area contributed by atoms with Crippen molar-refractivity contribution < 1.29 is 14.7 Å². The molecule has 9 heteroatoms. The van der Waals surface area contributed by atoms with Gasteiger partial charge in [0.05, 0.1) is 11.3 Å². The predicted molar refractivity (Wildman–Crippen MR) is 165 cm³/mol. The Balaban J connectivity index is 1.42. The van der Waals surface area contributed by atoms with Crippen LogP contribution in [0.2, 0.25) is 10.0 Å². The standard InChI is InChI=1S/C33H32Cl2N4O3/c34-28-12-7-13-29(35)26(28)19-30-27(32(42)39(22-31(40)41)21-25-10-5-2-6-11-25)20-36-33(37-30)38-16-14-24(15-17-38)18-23-8-3-1-4-9-23/h1-13,20,24H,14-19,21-22H2,(H,40,41). The first-order valence-corrected chi connectivity index (χ1v) is 14.8. The van der Waals surface area contributed by atoms with Crippen LogP contribution in [0.25, 0.3) is 0 Å². The lowest BCUT2D eigenvalue weighted by Crippen LogP contribution is -2.37. The van der Waals surface area contributed by atoms with Crippen LogP contribution in [0.4, 0.5) is 5.95 Å². The number of hydrogen-bond donors (Lipinski definition) is 1. The fraction of sp³-hybridized carbons (Fsp3) is 0.273. The molecule has 1 saturated heterocycles. The van der Waals surface area contributed by atoms with Crippen molar-refractivity contribution in [3.05, 3.63) is 123 Å². The second-order valence-corrected chi connectivity index (χ2v) is 11.4. The number of carboxylic acid groups (broad SMARTS) is 1. The topological polar surface area (TPSA) is 86.6 Å². The lowest BCUT2D eigenvalue weighted by atomic mass is 9.90. The molecule has 0 unspecified atom stereocenters. The zero-order valence-corrected chi connectivity index (χ0v) is 24.6. The van der Waals surface area contributed by atoms with Gasteiger partial charge in [-0.15, -0.1) is 0 Å². The van der Waals surface area contributed by atoms with E-state index in [1.165, 1.54) is 16.7 Å². The van der Waals surface area contributed by atoms with Crippen molar-refractivity contribution in [1.82, 2.24) is 14.9 Å². The van der Waals surface area contributed by atoms with E-state index in [4.69, 9.17) is 28.2 Å². The van der Waals surface area contributed by atoms with Gasteiger partial charge in [0.15, 0.2) is 0 Å². The molecule has 2 heterocycles. The van der Waals surface area contributed by atoms with Crippen LogP contribution >= 0.6 is 23.2 Å². The lowest BCUT2D eigenvalue weighted by Gasteiger charge is -2.32. The number of hydrogen-bond acceptors (Lipinski definition) is 5. The Bertz CT molecular complexity index is 1510. The molecule has 5 rings (SSSR count). The summed E-state index contributed by atoms with van der Waals surface area (Å²) in [5.74, 6) is -0.456. The fourth-order valence-corrected chi connectivity index (χ4v) is 5.89. The first kappa shape index (κ1) is 29.5. The molecule has 0 spiro atoms. The van der Waals surface area contributed by atoms with E-state index >= 15 is 0 Å². The number of carbonyl (C=O) groups is 2.